The molecule has 0 aliphatic heterocycles. The average Bonchev–Trinajstić information content (AvgIpc) is 2.65. The monoisotopic (exact) mass is 380 g/mol. The molecule has 1 heterocycles. The minimum absolute atomic E-state index is 0.0886. The third-order valence-electron chi connectivity index (χ3n) is 4.73. The second kappa shape index (κ2) is 7.76. The quantitative estimate of drug-likeness (QED) is 0.734. The highest BCUT2D eigenvalue weighted by molar-refractivity contribution is 5.94. The molecular formula is C22H24N2O4. The van der Waals surface area contributed by atoms with E-state index in [0.717, 1.165) is 27.6 Å². The Labute approximate surface area is 163 Å². The highest BCUT2D eigenvalue weighted by Crippen LogP contribution is 2.29. The van der Waals surface area contributed by atoms with Gasteiger partial charge in [-0.2, -0.15) is 0 Å². The van der Waals surface area contributed by atoms with E-state index in [9.17, 15) is 9.59 Å². The molecule has 28 heavy (non-hydrogen) atoms. The Bertz CT molecular complexity index is 1120. The van der Waals surface area contributed by atoms with Crippen LogP contribution in [0.25, 0.3) is 10.9 Å². The van der Waals surface area contributed by atoms with Crippen LogP contribution in [0, 0.1) is 20.8 Å². The van der Waals surface area contributed by atoms with Gasteiger partial charge in [-0.25, -0.2) is 0 Å². The lowest BCUT2D eigenvalue weighted by molar-refractivity contribution is -0.116. The van der Waals surface area contributed by atoms with Crippen LogP contribution in [0.4, 0.5) is 5.69 Å². The summed E-state index contributed by atoms with van der Waals surface area (Å²) >= 11 is 0. The number of aromatic nitrogens is 1. The van der Waals surface area contributed by atoms with Crippen molar-refractivity contribution >= 4 is 22.5 Å². The fourth-order valence-corrected chi connectivity index (χ4v) is 3.46. The van der Waals surface area contributed by atoms with E-state index < -0.39 is 0 Å². The van der Waals surface area contributed by atoms with E-state index >= 15 is 0 Å². The topological polar surface area (TPSA) is 69.6 Å². The summed E-state index contributed by atoms with van der Waals surface area (Å²) < 4.78 is 12.0. The molecule has 6 nitrogen and oxygen atoms in total. The highest BCUT2D eigenvalue weighted by Gasteiger charge is 2.14. The van der Waals surface area contributed by atoms with Crippen LogP contribution in [-0.4, -0.2) is 24.7 Å². The summed E-state index contributed by atoms with van der Waals surface area (Å²) in [5.41, 5.74) is 4.09. The lowest BCUT2D eigenvalue weighted by atomic mass is 10.0. The first-order valence-electron chi connectivity index (χ1n) is 8.97. The summed E-state index contributed by atoms with van der Waals surface area (Å²) in [4.78, 5) is 25.3. The third-order valence-corrected chi connectivity index (χ3v) is 4.73. The van der Waals surface area contributed by atoms with Crippen molar-refractivity contribution in [2.24, 2.45) is 0 Å². The number of methoxy groups -OCH3 is 2. The molecule has 1 N–H and O–H groups in total. The molecule has 1 amide bonds. The molecule has 0 aliphatic rings. The summed E-state index contributed by atoms with van der Waals surface area (Å²) in [6.07, 6.45) is 0. The van der Waals surface area contributed by atoms with Crippen molar-refractivity contribution in [1.29, 1.82) is 0 Å². The van der Waals surface area contributed by atoms with Crippen LogP contribution < -0.4 is 20.3 Å². The average molecular weight is 380 g/mol. The van der Waals surface area contributed by atoms with E-state index in [-0.39, 0.29) is 18.0 Å². The maximum absolute atomic E-state index is 12.7. The van der Waals surface area contributed by atoms with Crippen LogP contribution in [-0.2, 0) is 11.3 Å². The Kier molecular flexibility index (Phi) is 5.40. The van der Waals surface area contributed by atoms with Crippen molar-refractivity contribution < 1.29 is 14.3 Å². The smallest absolute Gasteiger partial charge is 0.251 e. The molecule has 146 valence electrons. The Morgan fingerprint density at radius 1 is 1.00 bits per heavy atom. The normalized spacial score (nSPS) is 10.8. The van der Waals surface area contributed by atoms with Crippen LogP contribution in [0.5, 0.6) is 11.5 Å². The molecule has 0 spiro atoms. The standard InChI is InChI=1S/C22H24N2O4/c1-13-8-15(3)22-17(9-13)14(2)10-21(26)24(22)12-20(25)23-18-7-6-16(27-4)11-19(18)28-5/h6-11H,12H2,1-5H3,(H,23,25). The molecule has 3 rings (SSSR count). The van der Waals surface area contributed by atoms with Gasteiger partial charge in [0, 0.05) is 17.5 Å². The number of aryl methyl sites for hydroxylation is 3. The van der Waals surface area contributed by atoms with Gasteiger partial charge in [0.2, 0.25) is 5.91 Å². The van der Waals surface area contributed by atoms with Gasteiger partial charge < -0.3 is 14.8 Å². The number of hydrogen-bond donors (Lipinski definition) is 1. The molecule has 3 aromatic rings. The van der Waals surface area contributed by atoms with E-state index in [4.69, 9.17) is 9.47 Å². The van der Waals surface area contributed by atoms with Crippen molar-refractivity contribution in [3.05, 3.63) is 63.4 Å². The van der Waals surface area contributed by atoms with Gasteiger partial charge in [0.15, 0.2) is 0 Å². The molecule has 2 aromatic carbocycles. The molecular weight excluding hydrogens is 356 g/mol. The minimum Gasteiger partial charge on any atom is -0.497 e. The Balaban J connectivity index is 1.97. The number of ether oxygens (including phenoxy) is 2. The number of amides is 1. The SMILES string of the molecule is COc1ccc(NC(=O)Cn2c(=O)cc(C)c3cc(C)cc(C)c32)c(OC)c1. The first-order valence-corrected chi connectivity index (χ1v) is 8.97. The lowest BCUT2D eigenvalue weighted by Crippen LogP contribution is -2.28. The van der Waals surface area contributed by atoms with Gasteiger partial charge in [-0.1, -0.05) is 11.6 Å². The summed E-state index contributed by atoms with van der Waals surface area (Å²) in [6, 6.07) is 10.8. The number of anilines is 1. The van der Waals surface area contributed by atoms with Crippen LogP contribution in [0.3, 0.4) is 0 Å². The summed E-state index contributed by atoms with van der Waals surface area (Å²) in [6.45, 7) is 5.79. The number of nitrogens with one attached hydrogen (secondary N) is 1. The maximum atomic E-state index is 12.7. The number of carbonyl (C=O) groups excluding carboxylic acids is 1. The molecule has 1 aromatic heterocycles. The first kappa shape index (κ1) is 19.5. The molecule has 0 atom stereocenters. The maximum Gasteiger partial charge on any atom is 0.251 e. The fraction of sp³-hybridized carbons (Fsp3) is 0.273. The number of pyridine rings is 1. The van der Waals surface area contributed by atoms with Crippen LogP contribution in [0.1, 0.15) is 16.7 Å². The van der Waals surface area contributed by atoms with Crippen LogP contribution >= 0.6 is 0 Å². The predicted molar refractivity (Wildman–Crippen MR) is 111 cm³/mol. The largest absolute Gasteiger partial charge is 0.497 e. The van der Waals surface area contributed by atoms with E-state index in [0.29, 0.717) is 17.2 Å². The van der Waals surface area contributed by atoms with Gasteiger partial charge in [0.25, 0.3) is 5.56 Å². The van der Waals surface area contributed by atoms with Gasteiger partial charge >= 0.3 is 0 Å². The molecule has 0 saturated heterocycles. The second-order valence-electron chi connectivity index (χ2n) is 6.84. The van der Waals surface area contributed by atoms with Crippen LogP contribution in [0.2, 0.25) is 0 Å². The zero-order valence-electron chi connectivity index (χ0n) is 16.8. The fourth-order valence-electron chi connectivity index (χ4n) is 3.46. The second-order valence-corrected chi connectivity index (χ2v) is 6.84. The summed E-state index contributed by atoms with van der Waals surface area (Å²) in [5, 5.41) is 3.80. The molecule has 0 aliphatic carbocycles. The summed E-state index contributed by atoms with van der Waals surface area (Å²) in [5.74, 6) is 0.804. The van der Waals surface area contributed by atoms with Gasteiger partial charge in [-0.3, -0.25) is 14.2 Å². The van der Waals surface area contributed by atoms with Crippen molar-refractivity contribution in [3.8, 4) is 11.5 Å². The molecule has 0 unspecified atom stereocenters. The minimum atomic E-state index is -0.310. The third kappa shape index (κ3) is 3.71. The van der Waals surface area contributed by atoms with Gasteiger partial charge in [-0.15, -0.1) is 0 Å². The zero-order valence-corrected chi connectivity index (χ0v) is 16.8. The van der Waals surface area contributed by atoms with E-state index in [1.165, 1.54) is 11.7 Å². The van der Waals surface area contributed by atoms with Crippen molar-refractivity contribution in [3.63, 3.8) is 0 Å². The number of carbonyl (C=O) groups is 1. The lowest BCUT2D eigenvalue weighted by Gasteiger charge is -2.16. The number of fused-ring (bicyclic) bond motifs is 1. The Morgan fingerprint density at radius 3 is 2.43 bits per heavy atom. The molecule has 6 heteroatoms. The number of benzene rings is 2. The zero-order chi connectivity index (χ0) is 20.4. The van der Waals surface area contributed by atoms with E-state index in [1.807, 2.05) is 32.9 Å². The van der Waals surface area contributed by atoms with Gasteiger partial charge in [-0.05, 0) is 50.1 Å². The van der Waals surface area contributed by atoms with Crippen molar-refractivity contribution in [2.75, 3.05) is 19.5 Å². The van der Waals surface area contributed by atoms with Crippen LogP contribution in [0.15, 0.2) is 41.2 Å². The van der Waals surface area contributed by atoms with Crippen molar-refractivity contribution in [2.45, 2.75) is 27.3 Å². The summed E-state index contributed by atoms with van der Waals surface area (Å²) in [7, 11) is 3.08. The molecule has 0 saturated carbocycles. The number of rotatable bonds is 5. The highest BCUT2D eigenvalue weighted by atomic mass is 16.5. The first-order chi connectivity index (χ1) is 13.3. The van der Waals surface area contributed by atoms with E-state index in [1.54, 1.807) is 31.4 Å². The molecule has 0 bridgehead atoms. The number of nitrogens with zero attached hydrogens (tertiary/aromatic N) is 1. The Morgan fingerprint density at radius 2 is 1.75 bits per heavy atom. The van der Waals surface area contributed by atoms with Crippen molar-refractivity contribution in [1.82, 2.24) is 4.57 Å². The Hall–Kier alpha value is -3.28. The van der Waals surface area contributed by atoms with Gasteiger partial charge in [0.05, 0.1) is 25.4 Å². The predicted octanol–water partition coefficient (Wildman–Crippen LogP) is 3.58. The van der Waals surface area contributed by atoms with E-state index in [2.05, 4.69) is 5.32 Å². The molecule has 0 fully saturated rings. The van der Waals surface area contributed by atoms with Gasteiger partial charge in [0.1, 0.15) is 18.0 Å². The molecule has 0 radical (unpaired) electrons. The number of hydrogen-bond acceptors (Lipinski definition) is 4.